The fourth-order valence-electron chi connectivity index (χ4n) is 2.68. The first-order valence-electron chi connectivity index (χ1n) is 7.65. The van der Waals surface area contributed by atoms with E-state index in [1.807, 2.05) is 42.7 Å². The van der Waals surface area contributed by atoms with Crippen LogP contribution in [0.25, 0.3) is 29.1 Å². The molecular weight excluding hydrogens is 280 g/mol. The lowest BCUT2D eigenvalue weighted by Crippen LogP contribution is -2.31. The summed E-state index contributed by atoms with van der Waals surface area (Å²) in [6.07, 6.45) is 12.2. The maximum atomic E-state index is 4.47. The van der Waals surface area contributed by atoms with E-state index in [2.05, 4.69) is 58.9 Å². The summed E-state index contributed by atoms with van der Waals surface area (Å²) < 4.78 is 0. The second-order valence-corrected chi connectivity index (χ2v) is 5.50. The van der Waals surface area contributed by atoms with Gasteiger partial charge in [-0.1, -0.05) is 54.6 Å². The van der Waals surface area contributed by atoms with Crippen molar-refractivity contribution in [3.63, 3.8) is 0 Å². The molecule has 110 valence electrons. The summed E-state index contributed by atoms with van der Waals surface area (Å²) in [7, 11) is 0. The molecule has 1 aliphatic heterocycles. The number of fused-ring (bicyclic) bond motifs is 2. The van der Waals surface area contributed by atoms with Crippen LogP contribution in [0.15, 0.2) is 78.6 Å². The van der Waals surface area contributed by atoms with Gasteiger partial charge in [-0.25, -0.2) is 0 Å². The van der Waals surface area contributed by atoms with Crippen molar-refractivity contribution in [2.24, 2.45) is 0 Å². The fraction of sp³-hybridized carbons (Fsp3) is 0. The molecule has 0 bridgehead atoms. The largest absolute Gasteiger partial charge is 0.361 e. The van der Waals surface area contributed by atoms with E-state index in [0.29, 0.717) is 0 Å². The molecule has 1 N–H and O–H groups in total. The van der Waals surface area contributed by atoms with Crippen LogP contribution in [0.5, 0.6) is 0 Å². The molecule has 23 heavy (non-hydrogen) atoms. The number of rotatable bonds is 2. The molecule has 1 aromatic heterocycles. The Morgan fingerprint density at radius 1 is 0.870 bits per heavy atom. The maximum Gasteiger partial charge on any atom is 0.0636 e. The Morgan fingerprint density at radius 2 is 1.65 bits per heavy atom. The molecule has 0 radical (unpaired) electrons. The van der Waals surface area contributed by atoms with Crippen LogP contribution < -0.4 is 15.8 Å². The lowest BCUT2D eigenvalue weighted by Gasteiger charge is -2.06. The van der Waals surface area contributed by atoms with E-state index < -0.39 is 0 Å². The normalized spacial score (nSPS) is 15.0. The lowest BCUT2D eigenvalue weighted by atomic mass is 10.1. The number of aromatic nitrogens is 1. The van der Waals surface area contributed by atoms with Gasteiger partial charge in [-0.05, 0) is 40.1 Å². The van der Waals surface area contributed by atoms with Gasteiger partial charge in [0.15, 0.2) is 0 Å². The van der Waals surface area contributed by atoms with Crippen molar-refractivity contribution in [1.82, 2.24) is 10.3 Å². The van der Waals surface area contributed by atoms with E-state index in [9.17, 15) is 0 Å². The van der Waals surface area contributed by atoms with Crippen LogP contribution >= 0.6 is 0 Å². The molecule has 0 unspecified atom stereocenters. The molecule has 0 atom stereocenters. The second-order valence-electron chi connectivity index (χ2n) is 5.50. The summed E-state index contributed by atoms with van der Waals surface area (Å²) in [4.78, 5) is 4.47. The molecule has 3 aromatic rings. The number of pyridine rings is 1. The Labute approximate surface area is 134 Å². The number of nitrogens with one attached hydrogen (secondary N) is 1. The Morgan fingerprint density at radius 3 is 2.57 bits per heavy atom. The second kappa shape index (κ2) is 5.93. The predicted molar refractivity (Wildman–Crippen MR) is 96.6 cm³/mol. The van der Waals surface area contributed by atoms with Crippen molar-refractivity contribution in [1.29, 1.82) is 0 Å². The number of hydrogen-bond donors (Lipinski definition) is 1. The first-order chi connectivity index (χ1) is 11.4. The minimum Gasteiger partial charge on any atom is -0.361 e. The van der Waals surface area contributed by atoms with E-state index in [1.54, 1.807) is 0 Å². The summed E-state index contributed by atoms with van der Waals surface area (Å²) in [5, 5.41) is 8.12. The van der Waals surface area contributed by atoms with Gasteiger partial charge in [-0.2, -0.15) is 0 Å². The van der Waals surface area contributed by atoms with E-state index in [4.69, 9.17) is 0 Å². The van der Waals surface area contributed by atoms with Crippen LogP contribution in [0.4, 0.5) is 0 Å². The Balaban J connectivity index is 1.60. The van der Waals surface area contributed by atoms with E-state index in [1.165, 1.54) is 15.8 Å². The molecular formula is C21H16N2. The number of hydrogen-bond acceptors (Lipinski definition) is 2. The number of allylic oxidation sites excluding steroid dienone is 3. The first-order valence-corrected chi connectivity index (χ1v) is 7.65. The quantitative estimate of drug-likeness (QED) is 0.786. The van der Waals surface area contributed by atoms with Gasteiger partial charge in [-0.15, -0.1) is 0 Å². The molecule has 1 aliphatic rings. The smallest absolute Gasteiger partial charge is 0.0636 e. The van der Waals surface area contributed by atoms with Crippen molar-refractivity contribution in [3.8, 4) is 0 Å². The van der Waals surface area contributed by atoms with Gasteiger partial charge in [-0.3, -0.25) is 4.98 Å². The predicted octanol–water partition coefficient (Wildman–Crippen LogP) is 2.95. The highest BCUT2D eigenvalue weighted by Gasteiger charge is 1.96. The van der Waals surface area contributed by atoms with E-state index in [0.717, 1.165) is 16.8 Å². The van der Waals surface area contributed by atoms with Crippen molar-refractivity contribution in [3.05, 3.63) is 94.8 Å². The summed E-state index contributed by atoms with van der Waals surface area (Å²) >= 11 is 0. The van der Waals surface area contributed by atoms with E-state index >= 15 is 0 Å². The third kappa shape index (κ3) is 2.92. The summed E-state index contributed by atoms with van der Waals surface area (Å²) in [6.45, 7) is 0. The molecule has 0 saturated carbocycles. The van der Waals surface area contributed by atoms with Gasteiger partial charge >= 0.3 is 0 Å². The van der Waals surface area contributed by atoms with Crippen LogP contribution in [0.3, 0.4) is 0 Å². The van der Waals surface area contributed by atoms with Crippen LogP contribution in [-0.4, -0.2) is 4.98 Å². The highest BCUT2D eigenvalue weighted by atomic mass is 14.8. The van der Waals surface area contributed by atoms with Gasteiger partial charge < -0.3 is 5.32 Å². The zero-order valence-corrected chi connectivity index (χ0v) is 12.6. The van der Waals surface area contributed by atoms with Crippen LogP contribution in [-0.2, 0) is 0 Å². The van der Waals surface area contributed by atoms with Gasteiger partial charge in [0, 0.05) is 23.5 Å². The number of benzene rings is 2. The molecule has 2 nitrogen and oxygen atoms in total. The van der Waals surface area contributed by atoms with Crippen molar-refractivity contribution >= 4 is 29.1 Å². The van der Waals surface area contributed by atoms with Crippen LogP contribution in [0.1, 0.15) is 5.69 Å². The van der Waals surface area contributed by atoms with Crippen molar-refractivity contribution in [2.75, 3.05) is 0 Å². The van der Waals surface area contributed by atoms with E-state index in [-0.39, 0.29) is 0 Å². The average molecular weight is 296 g/mol. The number of nitrogens with zero attached hydrogens (tertiary/aromatic N) is 1. The Hall–Kier alpha value is -3.13. The molecule has 2 aromatic carbocycles. The minimum absolute atomic E-state index is 0.959. The van der Waals surface area contributed by atoms with Crippen molar-refractivity contribution < 1.29 is 0 Å². The summed E-state index contributed by atoms with van der Waals surface area (Å²) in [6, 6.07) is 18.7. The van der Waals surface area contributed by atoms with Crippen LogP contribution in [0.2, 0.25) is 0 Å². The SMILES string of the molecule is C(=Cc1cc2ccccc2cn1)C=C1C=c2ccccc2=CN1. The summed E-state index contributed by atoms with van der Waals surface area (Å²) in [5.41, 5.74) is 2.03. The highest BCUT2D eigenvalue weighted by Crippen LogP contribution is 2.14. The topological polar surface area (TPSA) is 24.9 Å². The lowest BCUT2D eigenvalue weighted by molar-refractivity contribution is 1.17. The maximum absolute atomic E-state index is 4.47. The zero-order valence-electron chi connectivity index (χ0n) is 12.6. The van der Waals surface area contributed by atoms with Crippen LogP contribution in [0, 0.1) is 0 Å². The molecule has 0 spiro atoms. The van der Waals surface area contributed by atoms with Gasteiger partial charge in [0.05, 0.1) is 5.69 Å². The molecule has 2 heterocycles. The van der Waals surface area contributed by atoms with Crippen molar-refractivity contribution in [2.45, 2.75) is 0 Å². The molecule has 0 saturated heterocycles. The summed E-state index contributed by atoms with van der Waals surface area (Å²) in [5.74, 6) is 0. The Kier molecular flexibility index (Phi) is 3.49. The molecule has 2 heteroatoms. The fourth-order valence-corrected chi connectivity index (χ4v) is 2.68. The molecule has 0 aliphatic carbocycles. The zero-order chi connectivity index (χ0) is 15.5. The molecule has 0 fully saturated rings. The van der Waals surface area contributed by atoms with Gasteiger partial charge in [0.25, 0.3) is 0 Å². The monoisotopic (exact) mass is 296 g/mol. The Bertz CT molecular complexity index is 1040. The molecule has 0 amide bonds. The highest BCUT2D eigenvalue weighted by molar-refractivity contribution is 5.83. The first kappa shape index (κ1) is 13.5. The third-order valence-corrected chi connectivity index (χ3v) is 3.90. The third-order valence-electron chi connectivity index (χ3n) is 3.90. The standard InChI is InChI=1S/C21H16N2/c1-3-8-18-14-22-20(12-16(18)6-1)10-5-11-21-13-17-7-2-4-9-19(17)15-23-21/h1-15,22H. The van der Waals surface area contributed by atoms with Gasteiger partial charge in [0.1, 0.15) is 0 Å². The average Bonchev–Trinajstić information content (AvgIpc) is 2.61. The minimum atomic E-state index is 0.959. The van der Waals surface area contributed by atoms with Gasteiger partial charge in [0.2, 0.25) is 0 Å². The molecule has 4 rings (SSSR count).